The van der Waals surface area contributed by atoms with Crippen LogP contribution in [0.2, 0.25) is 0 Å². The van der Waals surface area contributed by atoms with Crippen LogP contribution in [0.15, 0.2) is 16.6 Å². The van der Waals surface area contributed by atoms with E-state index in [0.717, 1.165) is 54.5 Å². The highest BCUT2D eigenvalue weighted by atomic mass is 79.9. The first-order valence-electron chi connectivity index (χ1n) is 7.82. The maximum absolute atomic E-state index is 12.9. The standard InChI is InChI=1S/C17H22BrNO2/c18-14-8-12-4-7-21-16(12)13(9-14)10-15(20)17(11-19)5-2-1-3-6-17/h8-9H,1-7,10-11,19H2. The Kier molecular flexibility index (Phi) is 4.36. The Morgan fingerprint density at radius 3 is 2.76 bits per heavy atom. The third-order valence-electron chi connectivity index (χ3n) is 4.97. The van der Waals surface area contributed by atoms with E-state index in [1.165, 1.54) is 12.0 Å². The van der Waals surface area contributed by atoms with Crippen molar-refractivity contribution in [2.24, 2.45) is 11.1 Å². The molecule has 0 atom stereocenters. The third kappa shape index (κ3) is 2.88. The van der Waals surface area contributed by atoms with Crippen LogP contribution in [0.5, 0.6) is 5.75 Å². The number of benzene rings is 1. The van der Waals surface area contributed by atoms with E-state index < -0.39 is 0 Å². The SMILES string of the molecule is NCC1(C(=O)Cc2cc(Br)cc3c2OCC3)CCCCC1. The number of ketones is 1. The van der Waals surface area contributed by atoms with Crippen LogP contribution in [-0.2, 0) is 17.6 Å². The van der Waals surface area contributed by atoms with E-state index in [4.69, 9.17) is 10.5 Å². The second kappa shape index (κ2) is 6.09. The lowest BCUT2D eigenvalue weighted by Crippen LogP contribution is -2.41. The molecule has 114 valence electrons. The molecule has 0 bridgehead atoms. The molecule has 0 aromatic heterocycles. The van der Waals surface area contributed by atoms with Crippen LogP contribution >= 0.6 is 15.9 Å². The summed E-state index contributed by atoms with van der Waals surface area (Å²) in [6.07, 6.45) is 6.73. The smallest absolute Gasteiger partial charge is 0.144 e. The predicted octanol–water partition coefficient (Wildman–Crippen LogP) is 3.40. The number of hydrogen-bond donors (Lipinski definition) is 1. The number of halogens is 1. The summed E-state index contributed by atoms with van der Waals surface area (Å²) in [7, 11) is 0. The molecular formula is C17H22BrNO2. The molecule has 1 aromatic carbocycles. The van der Waals surface area contributed by atoms with Crippen LogP contribution in [0.25, 0.3) is 0 Å². The molecule has 0 spiro atoms. The molecule has 0 radical (unpaired) electrons. The fourth-order valence-corrected chi connectivity index (χ4v) is 4.22. The van der Waals surface area contributed by atoms with Crippen LogP contribution in [0.4, 0.5) is 0 Å². The molecular weight excluding hydrogens is 330 g/mol. The monoisotopic (exact) mass is 351 g/mol. The van der Waals surface area contributed by atoms with Gasteiger partial charge in [0.15, 0.2) is 0 Å². The zero-order valence-electron chi connectivity index (χ0n) is 12.3. The van der Waals surface area contributed by atoms with E-state index in [0.29, 0.717) is 18.7 Å². The summed E-state index contributed by atoms with van der Waals surface area (Å²) in [6.45, 7) is 1.19. The summed E-state index contributed by atoms with van der Waals surface area (Å²) in [6, 6.07) is 4.12. The van der Waals surface area contributed by atoms with Crippen LogP contribution in [0.1, 0.15) is 43.2 Å². The number of Topliss-reactive ketones (excluding diaryl/α,β-unsaturated/α-hetero) is 1. The van der Waals surface area contributed by atoms with Gasteiger partial charge in [-0.2, -0.15) is 0 Å². The number of carbonyl (C=O) groups excluding carboxylic acids is 1. The fourth-order valence-electron chi connectivity index (χ4n) is 3.66. The van der Waals surface area contributed by atoms with E-state index in [-0.39, 0.29) is 5.41 Å². The Morgan fingerprint density at radius 2 is 2.05 bits per heavy atom. The highest BCUT2D eigenvalue weighted by Crippen LogP contribution is 2.39. The Labute approximate surface area is 134 Å². The molecule has 1 aromatic rings. The van der Waals surface area contributed by atoms with Crippen molar-refractivity contribution in [3.63, 3.8) is 0 Å². The second-order valence-electron chi connectivity index (χ2n) is 6.30. The Bertz CT molecular complexity index is 550. The van der Waals surface area contributed by atoms with Gasteiger partial charge in [0.1, 0.15) is 11.5 Å². The minimum Gasteiger partial charge on any atom is -0.493 e. The lowest BCUT2D eigenvalue weighted by molar-refractivity contribution is -0.129. The summed E-state index contributed by atoms with van der Waals surface area (Å²) in [5.74, 6) is 1.22. The zero-order chi connectivity index (χ0) is 14.9. The van der Waals surface area contributed by atoms with Crippen LogP contribution in [0.3, 0.4) is 0 Å². The number of ether oxygens (including phenoxy) is 1. The molecule has 1 saturated carbocycles. The maximum Gasteiger partial charge on any atom is 0.144 e. The quantitative estimate of drug-likeness (QED) is 0.904. The number of rotatable bonds is 4. The third-order valence-corrected chi connectivity index (χ3v) is 5.43. The summed E-state index contributed by atoms with van der Waals surface area (Å²) < 4.78 is 6.76. The van der Waals surface area contributed by atoms with Crippen LogP contribution in [-0.4, -0.2) is 18.9 Å². The van der Waals surface area contributed by atoms with Crippen molar-refractivity contribution >= 4 is 21.7 Å². The predicted molar refractivity (Wildman–Crippen MR) is 86.6 cm³/mol. The van der Waals surface area contributed by atoms with Crippen molar-refractivity contribution in [2.75, 3.05) is 13.2 Å². The van der Waals surface area contributed by atoms with Crippen molar-refractivity contribution in [3.8, 4) is 5.75 Å². The van der Waals surface area contributed by atoms with E-state index in [1.54, 1.807) is 0 Å². The molecule has 1 heterocycles. The van der Waals surface area contributed by atoms with Crippen LogP contribution < -0.4 is 10.5 Å². The highest BCUT2D eigenvalue weighted by Gasteiger charge is 2.38. The first-order valence-corrected chi connectivity index (χ1v) is 8.61. The average molecular weight is 352 g/mol. The van der Waals surface area contributed by atoms with Crippen molar-refractivity contribution in [1.29, 1.82) is 0 Å². The molecule has 1 aliphatic heterocycles. The lowest BCUT2D eigenvalue weighted by Gasteiger charge is -2.34. The van der Waals surface area contributed by atoms with Gasteiger partial charge in [0.2, 0.25) is 0 Å². The van der Waals surface area contributed by atoms with Crippen molar-refractivity contribution < 1.29 is 9.53 Å². The molecule has 0 saturated heterocycles. The zero-order valence-corrected chi connectivity index (χ0v) is 13.9. The Balaban J connectivity index is 1.84. The van der Waals surface area contributed by atoms with Crippen molar-refractivity contribution in [3.05, 3.63) is 27.7 Å². The van der Waals surface area contributed by atoms with E-state index in [1.807, 2.05) is 6.07 Å². The minimum atomic E-state index is -0.300. The summed E-state index contributed by atoms with van der Waals surface area (Å²) in [5, 5.41) is 0. The molecule has 1 fully saturated rings. The normalized spacial score (nSPS) is 19.9. The van der Waals surface area contributed by atoms with Gasteiger partial charge in [-0.3, -0.25) is 4.79 Å². The molecule has 0 amide bonds. The van der Waals surface area contributed by atoms with Crippen LogP contribution in [0, 0.1) is 5.41 Å². The molecule has 4 heteroatoms. The number of fused-ring (bicyclic) bond motifs is 1. The van der Waals surface area contributed by atoms with Gasteiger partial charge in [0.05, 0.1) is 6.61 Å². The summed E-state index contributed by atoms with van der Waals surface area (Å²) in [5.41, 5.74) is 7.89. The molecule has 3 nitrogen and oxygen atoms in total. The number of hydrogen-bond acceptors (Lipinski definition) is 3. The summed E-state index contributed by atoms with van der Waals surface area (Å²) in [4.78, 5) is 12.9. The minimum absolute atomic E-state index is 0.292. The first-order chi connectivity index (χ1) is 10.1. The highest BCUT2D eigenvalue weighted by molar-refractivity contribution is 9.10. The van der Waals surface area contributed by atoms with Gasteiger partial charge in [-0.05, 0) is 30.5 Å². The number of nitrogens with two attached hydrogens (primary N) is 1. The Hall–Kier alpha value is -0.870. The molecule has 1 aliphatic carbocycles. The first kappa shape index (κ1) is 15.0. The summed E-state index contributed by atoms with van der Waals surface area (Å²) >= 11 is 3.54. The number of carbonyl (C=O) groups is 1. The molecule has 2 aliphatic rings. The molecule has 2 N–H and O–H groups in total. The van der Waals surface area contributed by atoms with Gasteiger partial charge in [-0.15, -0.1) is 0 Å². The van der Waals surface area contributed by atoms with E-state index in [9.17, 15) is 4.79 Å². The van der Waals surface area contributed by atoms with E-state index >= 15 is 0 Å². The topological polar surface area (TPSA) is 52.3 Å². The molecule has 3 rings (SSSR count). The van der Waals surface area contributed by atoms with Gasteiger partial charge in [0, 0.05) is 34.8 Å². The average Bonchev–Trinajstić information content (AvgIpc) is 2.96. The maximum atomic E-state index is 12.9. The second-order valence-corrected chi connectivity index (χ2v) is 7.21. The fraction of sp³-hybridized carbons (Fsp3) is 0.588. The van der Waals surface area contributed by atoms with Gasteiger partial charge in [-0.25, -0.2) is 0 Å². The van der Waals surface area contributed by atoms with Crippen molar-refractivity contribution in [1.82, 2.24) is 0 Å². The largest absolute Gasteiger partial charge is 0.493 e. The van der Waals surface area contributed by atoms with Crippen molar-refractivity contribution in [2.45, 2.75) is 44.9 Å². The van der Waals surface area contributed by atoms with Gasteiger partial charge in [0.25, 0.3) is 0 Å². The van der Waals surface area contributed by atoms with E-state index in [2.05, 4.69) is 22.0 Å². The van der Waals surface area contributed by atoms with Gasteiger partial charge < -0.3 is 10.5 Å². The molecule has 21 heavy (non-hydrogen) atoms. The molecule has 0 unspecified atom stereocenters. The Morgan fingerprint density at radius 1 is 1.29 bits per heavy atom. The van der Waals surface area contributed by atoms with Gasteiger partial charge in [-0.1, -0.05) is 35.2 Å². The lowest BCUT2D eigenvalue weighted by atomic mass is 9.70. The van der Waals surface area contributed by atoms with Gasteiger partial charge >= 0.3 is 0 Å².